The number of aliphatic hydroxyl groups excluding tert-OH is 1. The van der Waals surface area contributed by atoms with Crippen LogP contribution in [0.25, 0.3) is 0 Å². The van der Waals surface area contributed by atoms with Gasteiger partial charge in [-0.25, -0.2) is 4.98 Å². The maximum absolute atomic E-state index is 9.96. The SMILES string of the molecule is CN1CCCCC1c1ncc2n1CCCC2O. The predicted octanol–water partition coefficient (Wildman–Crippen LogP) is 1.87. The van der Waals surface area contributed by atoms with E-state index in [4.69, 9.17) is 0 Å². The minimum absolute atomic E-state index is 0.307. The molecule has 4 heteroatoms. The number of hydrogen-bond acceptors (Lipinski definition) is 3. The van der Waals surface area contributed by atoms with E-state index in [9.17, 15) is 5.11 Å². The van der Waals surface area contributed by atoms with Crippen LogP contribution in [0.3, 0.4) is 0 Å². The quantitative estimate of drug-likeness (QED) is 0.808. The second kappa shape index (κ2) is 4.42. The number of aliphatic hydroxyl groups is 1. The average Bonchev–Trinajstić information content (AvgIpc) is 2.75. The van der Waals surface area contributed by atoms with E-state index in [1.54, 1.807) is 0 Å². The van der Waals surface area contributed by atoms with Crippen molar-refractivity contribution in [2.45, 2.75) is 50.8 Å². The smallest absolute Gasteiger partial charge is 0.126 e. The molecule has 3 rings (SSSR count). The molecule has 2 unspecified atom stereocenters. The zero-order valence-electron chi connectivity index (χ0n) is 10.5. The fraction of sp³-hybridized carbons (Fsp3) is 0.769. The Labute approximate surface area is 102 Å². The molecule has 1 saturated heterocycles. The highest BCUT2D eigenvalue weighted by Crippen LogP contribution is 2.33. The van der Waals surface area contributed by atoms with Crippen molar-refractivity contribution in [2.24, 2.45) is 0 Å². The summed E-state index contributed by atoms with van der Waals surface area (Å²) in [6.45, 7) is 2.18. The third-order valence-corrected chi connectivity index (χ3v) is 4.19. The molecular formula is C13H21N3O. The molecule has 17 heavy (non-hydrogen) atoms. The Morgan fingerprint density at radius 2 is 2.12 bits per heavy atom. The first-order valence-electron chi connectivity index (χ1n) is 6.71. The van der Waals surface area contributed by atoms with Crippen molar-refractivity contribution in [3.8, 4) is 0 Å². The van der Waals surface area contributed by atoms with Crippen LogP contribution in [0.4, 0.5) is 0 Å². The monoisotopic (exact) mass is 235 g/mol. The standard InChI is InChI=1S/C13H21N3O/c1-15-7-3-2-5-10(15)13-14-9-11-12(17)6-4-8-16(11)13/h9-10,12,17H,2-8H2,1H3. The first-order chi connectivity index (χ1) is 8.27. The maximum atomic E-state index is 9.96. The lowest BCUT2D eigenvalue weighted by Gasteiger charge is -2.33. The van der Waals surface area contributed by atoms with Gasteiger partial charge in [0.15, 0.2) is 0 Å². The number of piperidine rings is 1. The van der Waals surface area contributed by atoms with E-state index < -0.39 is 0 Å². The fourth-order valence-electron chi connectivity index (χ4n) is 3.17. The molecule has 0 bridgehead atoms. The molecule has 0 saturated carbocycles. The summed E-state index contributed by atoms with van der Waals surface area (Å²) < 4.78 is 2.25. The van der Waals surface area contributed by atoms with E-state index in [2.05, 4.69) is 21.5 Å². The molecule has 1 fully saturated rings. The van der Waals surface area contributed by atoms with Crippen LogP contribution in [0.5, 0.6) is 0 Å². The number of aromatic nitrogens is 2. The Balaban J connectivity index is 1.92. The number of hydrogen-bond donors (Lipinski definition) is 1. The topological polar surface area (TPSA) is 41.3 Å². The van der Waals surface area contributed by atoms with Crippen LogP contribution in [-0.2, 0) is 6.54 Å². The summed E-state index contributed by atoms with van der Waals surface area (Å²) in [5.41, 5.74) is 1.02. The van der Waals surface area contributed by atoms with Crippen LogP contribution >= 0.6 is 0 Å². The highest BCUT2D eigenvalue weighted by atomic mass is 16.3. The van der Waals surface area contributed by atoms with Crippen molar-refractivity contribution >= 4 is 0 Å². The van der Waals surface area contributed by atoms with Crippen molar-refractivity contribution in [1.82, 2.24) is 14.5 Å². The molecule has 1 aromatic rings. The van der Waals surface area contributed by atoms with Gasteiger partial charge in [-0.15, -0.1) is 0 Å². The molecule has 1 N–H and O–H groups in total. The molecule has 0 amide bonds. The van der Waals surface area contributed by atoms with Crippen molar-refractivity contribution in [3.05, 3.63) is 17.7 Å². The third-order valence-electron chi connectivity index (χ3n) is 4.19. The first kappa shape index (κ1) is 11.2. The normalized spacial score (nSPS) is 30.2. The third kappa shape index (κ3) is 1.89. The van der Waals surface area contributed by atoms with Gasteiger partial charge in [-0.2, -0.15) is 0 Å². The van der Waals surface area contributed by atoms with Crippen molar-refractivity contribution in [1.29, 1.82) is 0 Å². The van der Waals surface area contributed by atoms with E-state index in [0.29, 0.717) is 6.04 Å². The lowest BCUT2D eigenvalue weighted by atomic mass is 10.0. The maximum Gasteiger partial charge on any atom is 0.126 e. The molecule has 1 aromatic heterocycles. The second-order valence-corrected chi connectivity index (χ2v) is 5.34. The minimum atomic E-state index is -0.307. The molecule has 0 aromatic carbocycles. The highest BCUT2D eigenvalue weighted by molar-refractivity contribution is 5.14. The number of fused-ring (bicyclic) bond motifs is 1. The summed E-state index contributed by atoms with van der Waals surface area (Å²) in [7, 11) is 2.19. The Bertz CT molecular complexity index is 401. The molecule has 2 atom stereocenters. The lowest BCUT2D eigenvalue weighted by Crippen LogP contribution is -2.32. The van der Waals surface area contributed by atoms with Crippen LogP contribution in [0.1, 0.15) is 55.8 Å². The molecule has 3 heterocycles. The van der Waals surface area contributed by atoms with Crippen molar-refractivity contribution in [2.75, 3.05) is 13.6 Å². The average molecular weight is 235 g/mol. The Hall–Kier alpha value is -0.870. The Kier molecular flexibility index (Phi) is 2.92. The van der Waals surface area contributed by atoms with Gasteiger partial charge >= 0.3 is 0 Å². The summed E-state index contributed by atoms with van der Waals surface area (Å²) in [4.78, 5) is 6.99. The van der Waals surface area contributed by atoms with Crippen molar-refractivity contribution < 1.29 is 5.11 Å². The minimum Gasteiger partial charge on any atom is -0.387 e. The fourth-order valence-corrected chi connectivity index (χ4v) is 3.17. The van der Waals surface area contributed by atoms with Crippen molar-refractivity contribution in [3.63, 3.8) is 0 Å². The molecule has 94 valence electrons. The second-order valence-electron chi connectivity index (χ2n) is 5.34. The van der Waals surface area contributed by atoms with Gasteiger partial charge < -0.3 is 9.67 Å². The summed E-state index contributed by atoms with van der Waals surface area (Å²) in [6.07, 6.45) is 7.30. The molecule has 0 radical (unpaired) electrons. The van der Waals surface area contributed by atoms with E-state index in [-0.39, 0.29) is 6.10 Å². The van der Waals surface area contributed by atoms with Gasteiger partial charge in [0, 0.05) is 6.54 Å². The number of likely N-dealkylation sites (tertiary alicyclic amines) is 1. The number of rotatable bonds is 1. The van der Waals surface area contributed by atoms with Gasteiger partial charge in [0.05, 0.1) is 24.0 Å². The van der Waals surface area contributed by atoms with E-state index >= 15 is 0 Å². The highest BCUT2D eigenvalue weighted by Gasteiger charge is 2.28. The lowest BCUT2D eigenvalue weighted by molar-refractivity contribution is 0.131. The molecule has 0 aliphatic carbocycles. The van der Waals surface area contributed by atoms with Gasteiger partial charge in [-0.05, 0) is 39.3 Å². The van der Waals surface area contributed by atoms with Gasteiger partial charge in [-0.1, -0.05) is 6.42 Å². The van der Waals surface area contributed by atoms with Crippen LogP contribution in [0.15, 0.2) is 6.20 Å². The first-order valence-corrected chi connectivity index (χ1v) is 6.71. The van der Waals surface area contributed by atoms with Gasteiger partial charge in [0.1, 0.15) is 5.82 Å². The molecule has 2 aliphatic heterocycles. The van der Waals surface area contributed by atoms with Gasteiger partial charge in [0.2, 0.25) is 0 Å². The number of imidazole rings is 1. The summed E-state index contributed by atoms with van der Waals surface area (Å²) in [6, 6.07) is 0.447. The zero-order valence-corrected chi connectivity index (χ0v) is 10.5. The van der Waals surface area contributed by atoms with E-state index in [1.807, 2.05) is 6.20 Å². The van der Waals surface area contributed by atoms with Crippen LogP contribution in [0, 0.1) is 0 Å². The Morgan fingerprint density at radius 1 is 1.24 bits per heavy atom. The molecule has 0 spiro atoms. The molecular weight excluding hydrogens is 214 g/mol. The van der Waals surface area contributed by atoms with Crippen LogP contribution in [-0.4, -0.2) is 33.1 Å². The predicted molar refractivity (Wildman–Crippen MR) is 65.6 cm³/mol. The number of nitrogens with zero attached hydrogens (tertiary/aromatic N) is 3. The van der Waals surface area contributed by atoms with E-state index in [1.165, 1.54) is 25.1 Å². The summed E-state index contributed by atoms with van der Waals surface area (Å²) in [5, 5.41) is 9.96. The summed E-state index contributed by atoms with van der Waals surface area (Å²) in [5.74, 6) is 1.17. The summed E-state index contributed by atoms with van der Waals surface area (Å²) >= 11 is 0. The van der Waals surface area contributed by atoms with Crippen LogP contribution < -0.4 is 0 Å². The molecule has 2 aliphatic rings. The Morgan fingerprint density at radius 3 is 2.94 bits per heavy atom. The van der Waals surface area contributed by atoms with Gasteiger partial charge in [0.25, 0.3) is 0 Å². The zero-order chi connectivity index (χ0) is 11.8. The molecule has 4 nitrogen and oxygen atoms in total. The van der Waals surface area contributed by atoms with Crippen LogP contribution in [0.2, 0.25) is 0 Å². The largest absolute Gasteiger partial charge is 0.387 e. The van der Waals surface area contributed by atoms with E-state index in [0.717, 1.165) is 31.6 Å². The van der Waals surface area contributed by atoms with Gasteiger partial charge in [-0.3, -0.25) is 4.90 Å².